The van der Waals surface area contributed by atoms with Crippen molar-refractivity contribution in [2.75, 3.05) is 42.7 Å². The quantitative estimate of drug-likeness (QED) is 0.358. The predicted octanol–water partition coefficient (Wildman–Crippen LogP) is 3.56. The molecule has 0 amide bonds. The third-order valence-corrected chi connectivity index (χ3v) is 18.2. The molecule has 0 saturated carbocycles. The van der Waals surface area contributed by atoms with Gasteiger partial charge in [-0.25, -0.2) is 0 Å². The average Bonchev–Trinajstić information content (AvgIpc) is 2.60. The van der Waals surface area contributed by atoms with Gasteiger partial charge in [-0.2, -0.15) is 0 Å². The molecule has 0 heterocycles. The van der Waals surface area contributed by atoms with E-state index in [0.717, 1.165) is 30.6 Å². The van der Waals surface area contributed by atoms with Crippen molar-refractivity contribution < 1.29 is 30.7 Å². The first-order valence-electron chi connectivity index (χ1n) is 9.00. The lowest BCUT2D eigenvalue weighted by Crippen LogP contribution is -2.48. The van der Waals surface area contributed by atoms with E-state index < -0.39 is 34.2 Å². The van der Waals surface area contributed by atoms with E-state index in [1.165, 1.54) is 0 Å². The molecule has 0 unspecified atom stereocenters. The Labute approximate surface area is 164 Å². The van der Waals surface area contributed by atoms with Crippen LogP contribution in [-0.2, 0) is 30.7 Å². The van der Waals surface area contributed by atoms with Gasteiger partial charge in [0.25, 0.3) is 0 Å². The Morgan fingerprint density at radius 3 is 1.19 bits per heavy atom. The molecule has 0 aliphatic rings. The molecule has 0 radical (unpaired) electrons. The molecular formula is C15H40O7Si4. The fraction of sp³-hybridized carbons (Fsp3) is 1.00. The molecule has 0 bridgehead atoms. The smallest absolute Gasteiger partial charge is 0.456 e. The zero-order chi connectivity index (χ0) is 20.5. The van der Waals surface area contributed by atoms with E-state index in [9.17, 15) is 0 Å². The molecular weight excluding hydrogens is 405 g/mol. The van der Waals surface area contributed by atoms with Crippen LogP contribution in [0.2, 0.25) is 50.4 Å². The highest BCUT2D eigenvalue weighted by atomic mass is 28.4. The Hall–Kier alpha value is 0.588. The molecule has 0 rings (SSSR count). The first kappa shape index (κ1) is 26.6. The fourth-order valence-electron chi connectivity index (χ4n) is 3.15. The number of hydrogen-bond donors (Lipinski definition) is 0. The highest BCUT2D eigenvalue weighted by molar-refractivity contribution is 6.85. The zero-order valence-corrected chi connectivity index (χ0v) is 22.4. The second-order valence-corrected chi connectivity index (χ2v) is 22.6. The van der Waals surface area contributed by atoms with Gasteiger partial charge in [0.05, 0.1) is 0 Å². The Balaban J connectivity index is 4.66. The van der Waals surface area contributed by atoms with E-state index >= 15 is 0 Å². The molecule has 0 spiro atoms. The van der Waals surface area contributed by atoms with E-state index in [1.54, 1.807) is 42.7 Å². The van der Waals surface area contributed by atoms with E-state index in [-0.39, 0.29) is 0 Å². The summed E-state index contributed by atoms with van der Waals surface area (Å²) in [7, 11) is 1.27. The minimum Gasteiger partial charge on any atom is -0.456 e. The van der Waals surface area contributed by atoms with Gasteiger partial charge < -0.3 is 30.7 Å². The summed E-state index contributed by atoms with van der Waals surface area (Å²) in [5, 5.41) is 0. The lowest BCUT2D eigenvalue weighted by atomic mass is 10.6. The molecule has 0 aliphatic carbocycles. The molecule has 0 N–H and O–H groups in total. The number of rotatable bonds is 15. The zero-order valence-electron chi connectivity index (χ0n) is 18.4. The van der Waals surface area contributed by atoms with Crippen LogP contribution in [0.1, 0.15) is 6.42 Å². The van der Waals surface area contributed by atoms with Gasteiger partial charge in [0.15, 0.2) is 16.6 Å². The minimum absolute atomic E-state index is 0.785. The first-order chi connectivity index (χ1) is 12.0. The molecule has 0 aromatic rings. The summed E-state index contributed by atoms with van der Waals surface area (Å²) >= 11 is 0. The summed E-state index contributed by atoms with van der Waals surface area (Å²) in [4.78, 5) is 0. The van der Waals surface area contributed by atoms with Gasteiger partial charge in [0.1, 0.15) is 0 Å². The van der Waals surface area contributed by atoms with E-state index in [4.69, 9.17) is 30.7 Å². The normalized spacial score (nSPS) is 14.1. The topological polar surface area (TPSA) is 64.6 Å². The van der Waals surface area contributed by atoms with Crippen molar-refractivity contribution in [3.63, 3.8) is 0 Å². The molecule has 11 heteroatoms. The van der Waals surface area contributed by atoms with Gasteiger partial charge >= 0.3 is 17.6 Å². The van der Waals surface area contributed by atoms with Crippen molar-refractivity contribution in [2.45, 2.75) is 56.8 Å². The molecule has 0 aromatic heterocycles. The highest BCUT2D eigenvalue weighted by Crippen LogP contribution is 2.29. The van der Waals surface area contributed by atoms with Crippen LogP contribution in [0.4, 0.5) is 0 Å². The van der Waals surface area contributed by atoms with Crippen LogP contribution < -0.4 is 0 Å². The van der Waals surface area contributed by atoms with Crippen molar-refractivity contribution in [3.05, 3.63) is 0 Å². The lowest BCUT2D eigenvalue weighted by molar-refractivity contribution is 0.123. The minimum atomic E-state index is -2.54. The van der Waals surface area contributed by atoms with Crippen LogP contribution >= 0.6 is 0 Å². The maximum absolute atomic E-state index is 6.70. The Bertz CT molecular complexity index is 372. The molecule has 0 aromatic carbocycles. The van der Waals surface area contributed by atoms with Gasteiger partial charge in [0.2, 0.25) is 0 Å². The van der Waals surface area contributed by atoms with Gasteiger partial charge in [-0.05, 0) is 44.7 Å². The molecule has 26 heavy (non-hydrogen) atoms. The molecule has 158 valence electrons. The summed E-state index contributed by atoms with van der Waals surface area (Å²) in [6.07, 6.45) is 0.984. The summed E-state index contributed by atoms with van der Waals surface area (Å²) in [6, 6.07) is 3.60. The van der Waals surface area contributed by atoms with Gasteiger partial charge in [-0.15, -0.1) is 0 Å². The van der Waals surface area contributed by atoms with Crippen molar-refractivity contribution in [3.8, 4) is 0 Å². The lowest BCUT2D eigenvalue weighted by Gasteiger charge is -2.36. The van der Waals surface area contributed by atoms with E-state index in [0.29, 0.717) is 0 Å². The second kappa shape index (κ2) is 11.6. The van der Waals surface area contributed by atoms with Crippen LogP contribution in [0.3, 0.4) is 0 Å². The molecule has 7 nitrogen and oxygen atoms in total. The summed E-state index contributed by atoms with van der Waals surface area (Å²) in [5.41, 5.74) is 0. The van der Waals surface area contributed by atoms with Crippen molar-refractivity contribution >= 4 is 34.2 Å². The Kier molecular flexibility index (Phi) is 11.8. The average molecular weight is 445 g/mol. The summed E-state index contributed by atoms with van der Waals surface area (Å²) in [5.74, 6) is 0. The van der Waals surface area contributed by atoms with Gasteiger partial charge in [-0.1, -0.05) is 0 Å². The standard InChI is InChI=1S/C15H40O7Si4/c1-16-25(17-2,18-3)13-11-12-23(7,8)22-24(9,10)14-15-26(19-4,20-5)21-6/h11-15H2,1-10H3. The summed E-state index contributed by atoms with van der Waals surface area (Å²) < 4.78 is 39.8. The highest BCUT2D eigenvalue weighted by Gasteiger charge is 2.42. The maximum atomic E-state index is 6.70. The predicted molar refractivity (Wildman–Crippen MR) is 113 cm³/mol. The van der Waals surface area contributed by atoms with Crippen LogP contribution in [0.25, 0.3) is 0 Å². The summed E-state index contributed by atoms with van der Waals surface area (Å²) in [6.45, 7) is 9.09. The first-order valence-corrected chi connectivity index (χ1v) is 19.1. The van der Waals surface area contributed by atoms with Crippen LogP contribution in [-0.4, -0.2) is 76.9 Å². The molecule has 0 fully saturated rings. The van der Waals surface area contributed by atoms with Crippen LogP contribution in [0.15, 0.2) is 0 Å². The molecule has 0 aliphatic heterocycles. The Morgan fingerprint density at radius 2 is 0.808 bits per heavy atom. The second-order valence-electron chi connectivity index (χ2n) is 7.57. The SMILES string of the molecule is CO[Si](CCC[Si](C)(C)O[Si](C)(C)CC[Si](OC)(OC)OC)(OC)OC. The largest absolute Gasteiger partial charge is 0.500 e. The third-order valence-electron chi connectivity index (χ3n) is 4.71. The fourth-order valence-corrected chi connectivity index (χ4v) is 17.8. The van der Waals surface area contributed by atoms with Crippen molar-refractivity contribution in [2.24, 2.45) is 0 Å². The van der Waals surface area contributed by atoms with E-state index in [1.807, 2.05) is 0 Å². The van der Waals surface area contributed by atoms with E-state index in [2.05, 4.69) is 26.2 Å². The van der Waals surface area contributed by atoms with Crippen molar-refractivity contribution in [1.29, 1.82) is 0 Å². The van der Waals surface area contributed by atoms with Gasteiger partial charge in [-0.3, -0.25) is 0 Å². The Morgan fingerprint density at radius 1 is 0.462 bits per heavy atom. The molecule has 0 atom stereocenters. The maximum Gasteiger partial charge on any atom is 0.500 e. The monoisotopic (exact) mass is 444 g/mol. The number of hydrogen-bond acceptors (Lipinski definition) is 7. The molecule has 0 saturated heterocycles. The van der Waals surface area contributed by atoms with Crippen LogP contribution in [0.5, 0.6) is 0 Å². The van der Waals surface area contributed by atoms with Gasteiger partial charge in [0, 0.05) is 54.7 Å². The van der Waals surface area contributed by atoms with Crippen LogP contribution in [0, 0.1) is 0 Å². The third kappa shape index (κ3) is 8.73. The van der Waals surface area contributed by atoms with Crippen molar-refractivity contribution in [1.82, 2.24) is 0 Å².